The molecule has 1 aliphatic heterocycles. The van der Waals surface area contributed by atoms with Crippen LogP contribution in [0, 0.1) is 6.92 Å². The van der Waals surface area contributed by atoms with Crippen LogP contribution in [0.25, 0.3) is 11.1 Å². The first kappa shape index (κ1) is 17.0. The number of aromatic nitrogens is 2. The van der Waals surface area contributed by atoms with E-state index in [-0.39, 0.29) is 11.7 Å². The molecular formula is C18H20N4O3S. The maximum Gasteiger partial charge on any atom is 0.421 e. The summed E-state index contributed by atoms with van der Waals surface area (Å²) in [7, 11) is 0. The number of carbonyl (C=O) groups excluding carboxylic acids is 1. The Morgan fingerprint density at radius 2 is 2.00 bits per heavy atom. The van der Waals surface area contributed by atoms with Gasteiger partial charge in [0.05, 0.1) is 18.6 Å². The summed E-state index contributed by atoms with van der Waals surface area (Å²) in [6.07, 6.45) is 0.365. The molecule has 0 saturated carbocycles. The molecule has 3 aromatic rings. The molecule has 3 heterocycles. The van der Waals surface area contributed by atoms with E-state index >= 15 is 0 Å². The fourth-order valence-corrected chi connectivity index (χ4v) is 3.97. The van der Waals surface area contributed by atoms with E-state index in [2.05, 4.69) is 9.88 Å². The number of amides is 1. The molecule has 0 unspecified atom stereocenters. The third-order valence-electron chi connectivity index (χ3n) is 4.61. The molecule has 0 aliphatic carbocycles. The smallest absolute Gasteiger partial charge is 0.408 e. The van der Waals surface area contributed by atoms with Crippen molar-refractivity contribution in [2.75, 3.05) is 26.2 Å². The summed E-state index contributed by atoms with van der Waals surface area (Å²) in [5.41, 5.74) is 2.36. The number of thiazole rings is 1. The lowest BCUT2D eigenvalue weighted by Gasteiger charge is -2.34. The second kappa shape index (κ2) is 7.05. The van der Waals surface area contributed by atoms with Crippen molar-refractivity contribution < 1.29 is 9.21 Å². The fraction of sp³-hybridized carbons (Fsp3) is 0.389. The highest BCUT2D eigenvalue weighted by molar-refractivity contribution is 7.09. The van der Waals surface area contributed by atoms with Gasteiger partial charge in [-0.3, -0.25) is 14.3 Å². The van der Waals surface area contributed by atoms with Gasteiger partial charge in [-0.2, -0.15) is 0 Å². The number of fused-ring (bicyclic) bond motifs is 1. The lowest BCUT2D eigenvalue weighted by Crippen LogP contribution is -2.49. The van der Waals surface area contributed by atoms with Crippen LogP contribution in [-0.4, -0.2) is 51.4 Å². The van der Waals surface area contributed by atoms with E-state index in [1.807, 2.05) is 35.4 Å². The van der Waals surface area contributed by atoms with Gasteiger partial charge in [0.15, 0.2) is 5.58 Å². The highest BCUT2D eigenvalue weighted by Gasteiger charge is 2.23. The first-order valence-corrected chi connectivity index (χ1v) is 9.47. The van der Waals surface area contributed by atoms with Crippen molar-refractivity contribution in [3.63, 3.8) is 0 Å². The van der Waals surface area contributed by atoms with Gasteiger partial charge in [-0.25, -0.2) is 9.78 Å². The van der Waals surface area contributed by atoms with E-state index in [1.54, 1.807) is 10.6 Å². The van der Waals surface area contributed by atoms with Crippen molar-refractivity contribution in [1.82, 2.24) is 19.4 Å². The van der Waals surface area contributed by atoms with Crippen molar-refractivity contribution in [3.8, 4) is 0 Å². The van der Waals surface area contributed by atoms with Crippen LogP contribution in [0.4, 0.5) is 0 Å². The lowest BCUT2D eigenvalue weighted by atomic mass is 10.3. The predicted octanol–water partition coefficient (Wildman–Crippen LogP) is 1.70. The van der Waals surface area contributed by atoms with Crippen LogP contribution < -0.4 is 5.76 Å². The molecule has 1 fully saturated rings. The average molecular weight is 372 g/mol. The highest BCUT2D eigenvalue weighted by atomic mass is 32.1. The van der Waals surface area contributed by atoms with Crippen LogP contribution >= 0.6 is 11.3 Å². The molecule has 8 heteroatoms. The number of benzene rings is 1. The number of carbonyl (C=O) groups is 1. The second-order valence-corrected chi connectivity index (χ2v) is 7.41. The van der Waals surface area contributed by atoms with E-state index in [4.69, 9.17) is 4.42 Å². The van der Waals surface area contributed by atoms with Crippen LogP contribution in [0.5, 0.6) is 0 Å². The number of hydrogen-bond donors (Lipinski definition) is 0. The molecule has 0 bridgehead atoms. The standard InChI is InChI=1S/C18H20N4O3S/c1-13-11-26-16(19-13)10-17(23)21-8-6-20(7-9-21)12-22-14-4-2-3-5-15(14)25-18(22)24/h2-5,11H,6-10,12H2,1H3. The molecular weight excluding hydrogens is 352 g/mol. The SMILES string of the molecule is Cc1csc(CC(=O)N2CCN(Cn3c(=O)oc4ccccc43)CC2)n1. The Bertz CT molecular complexity index is 982. The molecule has 0 spiro atoms. The summed E-state index contributed by atoms with van der Waals surface area (Å²) in [4.78, 5) is 32.9. The van der Waals surface area contributed by atoms with Gasteiger partial charge in [-0.05, 0) is 19.1 Å². The summed E-state index contributed by atoms with van der Waals surface area (Å²) in [5, 5.41) is 2.83. The van der Waals surface area contributed by atoms with Gasteiger partial charge in [0, 0.05) is 37.3 Å². The Labute approximate surface area is 154 Å². The van der Waals surface area contributed by atoms with Gasteiger partial charge in [0.25, 0.3) is 0 Å². The van der Waals surface area contributed by atoms with E-state index < -0.39 is 0 Å². The Balaban J connectivity index is 1.37. The molecule has 1 saturated heterocycles. The molecule has 1 aliphatic rings. The van der Waals surface area contributed by atoms with Crippen molar-refractivity contribution in [2.24, 2.45) is 0 Å². The minimum absolute atomic E-state index is 0.116. The normalized spacial score (nSPS) is 15.7. The van der Waals surface area contributed by atoms with Crippen LogP contribution in [0.2, 0.25) is 0 Å². The van der Waals surface area contributed by atoms with Crippen LogP contribution in [0.3, 0.4) is 0 Å². The molecule has 4 rings (SSSR count). The van der Waals surface area contributed by atoms with Crippen molar-refractivity contribution in [3.05, 3.63) is 50.9 Å². The van der Waals surface area contributed by atoms with Crippen LogP contribution in [0.1, 0.15) is 10.7 Å². The quantitative estimate of drug-likeness (QED) is 0.697. The maximum absolute atomic E-state index is 12.4. The minimum Gasteiger partial charge on any atom is -0.408 e. The largest absolute Gasteiger partial charge is 0.421 e. The van der Waals surface area contributed by atoms with Gasteiger partial charge in [0.2, 0.25) is 5.91 Å². The summed E-state index contributed by atoms with van der Waals surface area (Å²) >= 11 is 1.53. The predicted molar refractivity (Wildman–Crippen MR) is 99.2 cm³/mol. The number of hydrogen-bond acceptors (Lipinski definition) is 6. The first-order chi connectivity index (χ1) is 12.6. The molecule has 0 N–H and O–H groups in total. The zero-order valence-electron chi connectivity index (χ0n) is 14.6. The minimum atomic E-state index is -0.344. The van der Waals surface area contributed by atoms with Gasteiger partial charge < -0.3 is 9.32 Å². The molecule has 2 aromatic heterocycles. The monoisotopic (exact) mass is 372 g/mol. The van der Waals surface area contributed by atoms with Gasteiger partial charge in [-0.1, -0.05) is 12.1 Å². The Morgan fingerprint density at radius 1 is 1.23 bits per heavy atom. The number of para-hydroxylation sites is 2. The Kier molecular flexibility index (Phi) is 4.60. The summed E-state index contributed by atoms with van der Waals surface area (Å²) < 4.78 is 6.92. The van der Waals surface area contributed by atoms with Crippen LogP contribution in [-0.2, 0) is 17.9 Å². The van der Waals surface area contributed by atoms with E-state index in [1.165, 1.54) is 11.3 Å². The molecule has 0 radical (unpaired) electrons. The van der Waals surface area contributed by atoms with Gasteiger partial charge in [-0.15, -0.1) is 11.3 Å². The second-order valence-electron chi connectivity index (χ2n) is 6.46. The van der Waals surface area contributed by atoms with Crippen molar-refractivity contribution in [1.29, 1.82) is 0 Å². The van der Waals surface area contributed by atoms with Gasteiger partial charge >= 0.3 is 5.76 Å². The summed E-state index contributed by atoms with van der Waals surface area (Å²) in [6.45, 7) is 5.19. The van der Waals surface area contributed by atoms with E-state index in [9.17, 15) is 9.59 Å². The first-order valence-electron chi connectivity index (χ1n) is 8.59. The average Bonchev–Trinajstić information content (AvgIpc) is 3.19. The van der Waals surface area contributed by atoms with E-state index in [0.717, 1.165) is 29.3 Å². The number of aryl methyl sites for hydroxylation is 1. The number of rotatable bonds is 4. The van der Waals surface area contributed by atoms with Crippen molar-refractivity contribution in [2.45, 2.75) is 20.0 Å². The zero-order valence-corrected chi connectivity index (χ0v) is 15.4. The third-order valence-corrected chi connectivity index (χ3v) is 5.58. The molecule has 1 aromatic carbocycles. The molecule has 136 valence electrons. The number of oxazole rings is 1. The number of piperazine rings is 1. The van der Waals surface area contributed by atoms with Crippen molar-refractivity contribution >= 4 is 28.3 Å². The molecule has 0 atom stereocenters. The van der Waals surface area contributed by atoms with E-state index in [0.29, 0.717) is 31.8 Å². The lowest BCUT2D eigenvalue weighted by molar-refractivity contribution is -0.132. The molecule has 26 heavy (non-hydrogen) atoms. The number of nitrogens with zero attached hydrogens (tertiary/aromatic N) is 4. The molecule has 7 nitrogen and oxygen atoms in total. The Morgan fingerprint density at radius 3 is 2.73 bits per heavy atom. The maximum atomic E-state index is 12.4. The summed E-state index contributed by atoms with van der Waals surface area (Å²) in [6, 6.07) is 7.43. The zero-order chi connectivity index (χ0) is 18.1. The summed E-state index contributed by atoms with van der Waals surface area (Å²) in [5.74, 6) is -0.228. The topological polar surface area (TPSA) is 71.6 Å². The Hall–Kier alpha value is -2.45. The van der Waals surface area contributed by atoms with Crippen LogP contribution in [0.15, 0.2) is 38.9 Å². The van der Waals surface area contributed by atoms with Gasteiger partial charge in [0.1, 0.15) is 5.01 Å². The highest BCUT2D eigenvalue weighted by Crippen LogP contribution is 2.14. The third kappa shape index (κ3) is 3.42. The molecule has 1 amide bonds. The fourth-order valence-electron chi connectivity index (χ4n) is 3.21.